The summed E-state index contributed by atoms with van der Waals surface area (Å²) in [7, 11) is 1.78. The number of carbonyl (C=O) groups is 3. The third kappa shape index (κ3) is 6.75. The van der Waals surface area contributed by atoms with Crippen molar-refractivity contribution in [3.63, 3.8) is 0 Å². The van der Waals surface area contributed by atoms with Gasteiger partial charge in [-0.15, -0.1) is 0 Å². The number of pyridine rings is 1. The van der Waals surface area contributed by atoms with Crippen LogP contribution in [0.1, 0.15) is 48.0 Å². The predicted octanol–water partition coefficient (Wildman–Crippen LogP) is 2.58. The van der Waals surface area contributed by atoms with Crippen LogP contribution >= 0.6 is 0 Å². The van der Waals surface area contributed by atoms with Crippen molar-refractivity contribution in [3.8, 4) is 5.75 Å². The van der Waals surface area contributed by atoms with Gasteiger partial charge in [-0.1, -0.05) is 0 Å². The number of benzene rings is 1. The van der Waals surface area contributed by atoms with Crippen LogP contribution < -0.4 is 15.4 Å². The van der Waals surface area contributed by atoms with Crippen LogP contribution in [-0.2, 0) is 25.5 Å². The molecule has 0 spiro atoms. The van der Waals surface area contributed by atoms with Gasteiger partial charge in [0.25, 0.3) is 5.91 Å². The number of anilines is 1. The number of fused-ring (bicyclic) bond motifs is 2. The Kier molecular flexibility index (Phi) is 8.73. The van der Waals surface area contributed by atoms with Gasteiger partial charge in [-0.05, 0) is 68.0 Å². The van der Waals surface area contributed by atoms with Crippen LogP contribution in [0.2, 0.25) is 0 Å². The average Bonchev–Trinajstić information content (AvgIpc) is 2.96. The predicted molar refractivity (Wildman–Crippen MR) is 143 cm³/mol. The second kappa shape index (κ2) is 12.6. The van der Waals surface area contributed by atoms with Crippen molar-refractivity contribution in [1.82, 2.24) is 15.2 Å². The van der Waals surface area contributed by atoms with E-state index in [1.807, 2.05) is 12.1 Å². The molecule has 3 aliphatic heterocycles. The molecule has 0 saturated carbocycles. The summed E-state index contributed by atoms with van der Waals surface area (Å²) in [5.41, 5.74) is 2.11. The van der Waals surface area contributed by atoms with Crippen molar-refractivity contribution in [2.75, 3.05) is 38.7 Å². The topological polar surface area (TPSA) is 119 Å². The molecule has 0 bridgehead atoms. The van der Waals surface area contributed by atoms with Gasteiger partial charge in [0.1, 0.15) is 18.5 Å². The van der Waals surface area contributed by atoms with E-state index < -0.39 is 0 Å². The summed E-state index contributed by atoms with van der Waals surface area (Å²) in [5.74, 6) is 0.0714. The molecule has 208 valence electrons. The fraction of sp³-hybridized carbons (Fsp3) is 0.517. The fourth-order valence-corrected chi connectivity index (χ4v) is 5.48. The molecule has 2 aromatic rings. The van der Waals surface area contributed by atoms with Gasteiger partial charge in [0.15, 0.2) is 0 Å². The number of ether oxygens (including phenoxy) is 3. The smallest absolute Gasteiger partial charge is 0.257 e. The Morgan fingerprint density at radius 1 is 1.08 bits per heavy atom. The molecule has 1 aromatic heterocycles. The van der Waals surface area contributed by atoms with E-state index in [0.717, 1.165) is 12.0 Å². The number of hydrogen-bond acceptors (Lipinski definition) is 7. The zero-order valence-corrected chi connectivity index (χ0v) is 22.3. The van der Waals surface area contributed by atoms with Gasteiger partial charge in [0.2, 0.25) is 11.8 Å². The van der Waals surface area contributed by atoms with Crippen LogP contribution in [0.5, 0.6) is 5.75 Å². The highest BCUT2D eigenvalue weighted by Gasteiger charge is 2.39. The van der Waals surface area contributed by atoms with Crippen molar-refractivity contribution >= 4 is 23.4 Å². The number of nitrogens with one attached hydrogen (secondary N) is 2. The van der Waals surface area contributed by atoms with E-state index in [4.69, 9.17) is 14.2 Å². The fourth-order valence-electron chi connectivity index (χ4n) is 5.48. The van der Waals surface area contributed by atoms with Gasteiger partial charge in [-0.2, -0.15) is 0 Å². The summed E-state index contributed by atoms with van der Waals surface area (Å²) >= 11 is 0. The lowest BCUT2D eigenvalue weighted by Crippen LogP contribution is -2.54. The SMILES string of the molecule is CN1C(=O)c2cc(NC(=O)C3CCOCC3)ccc2OC[C@@H]2O[C@H](CC(=O)NCCc3ccncc3)CC[C@@H]21. The summed E-state index contributed by atoms with van der Waals surface area (Å²) in [6.45, 7) is 1.99. The maximum atomic E-state index is 13.5. The first-order valence-electron chi connectivity index (χ1n) is 13.7. The molecule has 10 heteroatoms. The van der Waals surface area contributed by atoms with E-state index in [2.05, 4.69) is 15.6 Å². The van der Waals surface area contributed by atoms with E-state index in [1.165, 1.54) is 0 Å². The molecule has 2 fully saturated rings. The molecule has 0 radical (unpaired) electrons. The van der Waals surface area contributed by atoms with Gasteiger partial charge < -0.3 is 29.7 Å². The van der Waals surface area contributed by atoms with Gasteiger partial charge in [0.05, 0.1) is 24.1 Å². The number of amides is 3. The highest BCUT2D eigenvalue weighted by atomic mass is 16.5. The minimum Gasteiger partial charge on any atom is -0.490 e. The maximum absolute atomic E-state index is 13.5. The molecule has 3 aliphatic rings. The second-order valence-corrected chi connectivity index (χ2v) is 10.4. The third-order valence-electron chi connectivity index (χ3n) is 7.77. The number of nitrogens with zero attached hydrogens (tertiary/aromatic N) is 2. The van der Waals surface area contributed by atoms with Gasteiger partial charge in [-0.25, -0.2) is 0 Å². The normalized spacial score (nSPS) is 23.5. The molecule has 3 amide bonds. The number of rotatable bonds is 7. The number of carbonyl (C=O) groups excluding carboxylic acids is 3. The first kappa shape index (κ1) is 27.1. The molecular weight excluding hydrogens is 500 g/mol. The molecule has 3 atom stereocenters. The number of likely N-dealkylation sites (N-methyl/N-ethyl adjacent to an activating group) is 1. The van der Waals surface area contributed by atoms with Gasteiger partial charge in [0, 0.05) is 50.8 Å². The molecule has 2 N–H and O–H groups in total. The zero-order chi connectivity index (χ0) is 27.2. The van der Waals surface area contributed by atoms with Crippen molar-refractivity contribution < 1.29 is 28.6 Å². The van der Waals surface area contributed by atoms with Crippen LogP contribution in [0, 0.1) is 5.92 Å². The van der Waals surface area contributed by atoms with Gasteiger partial charge >= 0.3 is 0 Å². The van der Waals surface area contributed by atoms with Crippen molar-refractivity contribution in [1.29, 1.82) is 0 Å². The minimum absolute atomic E-state index is 0.0515. The largest absolute Gasteiger partial charge is 0.490 e. The lowest BCUT2D eigenvalue weighted by molar-refractivity contribution is -0.134. The second-order valence-electron chi connectivity index (χ2n) is 10.4. The van der Waals surface area contributed by atoms with Crippen LogP contribution in [0.3, 0.4) is 0 Å². The Balaban J connectivity index is 1.17. The Bertz CT molecular complexity index is 1170. The van der Waals surface area contributed by atoms with Crippen molar-refractivity contribution in [3.05, 3.63) is 53.9 Å². The molecule has 0 unspecified atom stereocenters. The van der Waals surface area contributed by atoms with Crippen LogP contribution in [0.4, 0.5) is 5.69 Å². The Morgan fingerprint density at radius 2 is 1.87 bits per heavy atom. The minimum atomic E-state index is -0.344. The van der Waals surface area contributed by atoms with E-state index in [1.54, 1.807) is 42.5 Å². The molecular formula is C29H36N4O6. The van der Waals surface area contributed by atoms with Crippen molar-refractivity contribution in [2.24, 2.45) is 5.92 Å². The molecule has 4 heterocycles. The first-order chi connectivity index (χ1) is 19.0. The Labute approximate surface area is 228 Å². The van der Waals surface area contributed by atoms with E-state index in [0.29, 0.717) is 62.4 Å². The van der Waals surface area contributed by atoms with E-state index >= 15 is 0 Å². The summed E-state index contributed by atoms with van der Waals surface area (Å²) in [6, 6.07) is 8.86. The molecule has 0 aliphatic carbocycles. The van der Waals surface area contributed by atoms with Crippen LogP contribution in [0.25, 0.3) is 0 Å². The molecule has 5 rings (SSSR count). The van der Waals surface area contributed by atoms with Crippen LogP contribution in [0.15, 0.2) is 42.7 Å². The van der Waals surface area contributed by atoms with Gasteiger partial charge in [-0.3, -0.25) is 19.4 Å². The summed E-state index contributed by atoms with van der Waals surface area (Å²) in [6.07, 6.45) is 6.68. The monoisotopic (exact) mass is 536 g/mol. The molecule has 1 aromatic carbocycles. The van der Waals surface area contributed by atoms with E-state index in [9.17, 15) is 14.4 Å². The lowest BCUT2D eigenvalue weighted by Gasteiger charge is -2.42. The first-order valence-corrected chi connectivity index (χ1v) is 13.7. The standard InChI is InChI=1S/C29H36N4O6/c1-33-24-4-3-22(17-27(34)31-13-8-19-6-11-30-12-7-19)39-26(24)18-38-25-5-2-21(16-23(25)29(33)36)32-28(35)20-9-14-37-15-10-20/h2,5-7,11-12,16,20,22,24,26H,3-4,8-10,13-15,17-18H2,1H3,(H,31,34)(H,32,35)/t22-,24-,26-/m0/s1. The quantitative estimate of drug-likeness (QED) is 0.558. The lowest BCUT2D eigenvalue weighted by atomic mass is 9.94. The van der Waals surface area contributed by atoms with Crippen molar-refractivity contribution in [2.45, 2.75) is 56.8 Å². The van der Waals surface area contributed by atoms with E-state index in [-0.39, 0.29) is 54.9 Å². The zero-order valence-electron chi connectivity index (χ0n) is 22.3. The molecule has 39 heavy (non-hydrogen) atoms. The summed E-state index contributed by atoms with van der Waals surface area (Å²) < 4.78 is 17.7. The average molecular weight is 537 g/mol. The van der Waals surface area contributed by atoms with Crippen LogP contribution in [-0.4, -0.2) is 79.3 Å². The molecule has 2 saturated heterocycles. The maximum Gasteiger partial charge on any atom is 0.257 e. The highest BCUT2D eigenvalue weighted by Crippen LogP contribution is 2.32. The summed E-state index contributed by atoms with van der Waals surface area (Å²) in [4.78, 5) is 44.4. The Morgan fingerprint density at radius 3 is 2.67 bits per heavy atom. The number of aromatic nitrogens is 1. The number of hydrogen-bond donors (Lipinski definition) is 2. The third-order valence-corrected chi connectivity index (χ3v) is 7.77. The summed E-state index contributed by atoms with van der Waals surface area (Å²) in [5, 5.41) is 5.92. The Hall–Kier alpha value is -3.50. The highest BCUT2D eigenvalue weighted by molar-refractivity contribution is 6.00. The molecule has 10 nitrogen and oxygen atoms in total.